The van der Waals surface area contributed by atoms with Gasteiger partial charge in [-0.25, -0.2) is 0 Å². The molecule has 0 unspecified atom stereocenters. The second-order valence-electron chi connectivity index (χ2n) is 4.92. The first kappa shape index (κ1) is 16.2. The van der Waals surface area contributed by atoms with Crippen LogP contribution in [0, 0.1) is 0 Å². The fourth-order valence-electron chi connectivity index (χ4n) is 2.07. The average molecular weight is 316 g/mol. The summed E-state index contributed by atoms with van der Waals surface area (Å²) in [5.41, 5.74) is 1.54. The van der Waals surface area contributed by atoms with Crippen LogP contribution in [0.3, 0.4) is 0 Å². The normalized spacial score (nSPS) is 10.2. The topological polar surface area (TPSA) is 58.2 Å². The number of thiophene rings is 1. The maximum Gasteiger partial charge on any atom is 0.251 e. The van der Waals surface area contributed by atoms with Crippen LogP contribution in [0.4, 0.5) is 0 Å². The molecule has 0 atom stereocenters. The molecule has 2 aromatic rings. The monoisotopic (exact) mass is 316 g/mol. The highest BCUT2D eigenvalue weighted by molar-refractivity contribution is 7.09. The Balaban J connectivity index is 1.82. The molecule has 0 bridgehead atoms. The van der Waals surface area contributed by atoms with Crippen molar-refractivity contribution in [2.75, 3.05) is 6.54 Å². The van der Waals surface area contributed by atoms with E-state index in [0.29, 0.717) is 25.1 Å². The first-order valence-electron chi connectivity index (χ1n) is 7.35. The van der Waals surface area contributed by atoms with Gasteiger partial charge in [-0.1, -0.05) is 18.2 Å². The molecular weight excluding hydrogens is 296 g/mol. The van der Waals surface area contributed by atoms with Crippen LogP contribution >= 0.6 is 11.3 Å². The Morgan fingerprint density at radius 2 is 2.00 bits per heavy atom. The molecule has 2 N–H and O–H groups in total. The Morgan fingerprint density at radius 3 is 2.73 bits per heavy atom. The van der Waals surface area contributed by atoms with E-state index < -0.39 is 0 Å². The van der Waals surface area contributed by atoms with Crippen LogP contribution in [-0.4, -0.2) is 18.4 Å². The molecule has 0 radical (unpaired) electrons. The van der Waals surface area contributed by atoms with Crippen molar-refractivity contribution in [2.24, 2.45) is 0 Å². The Labute approximate surface area is 134 Å². The van der Waals surface area contributed by atoms with Crippen LogP contribution in [0.5, 0.6) is 0 Å². The minimum atomic E-state index is -0.0895. The van der Waals surface area contributed by atoms with E-state index in [4.69, 9.17) is 0 Å². The lowest BCUT2D eigenvalue weighted by Gasteiger charge is -2.07. The summed E-state index contributed by atoms with van der Waals surface area (Å²) in [7, 11) is 0. The number of carbonyl (C=O) groups excluding carboxylic acids is 2. The fourth-order valence-corrected chi connectivity index (χ4v) is 2.77. The lowest BCUT2D eigenvalue weighted by molar-refractivity contribution is -0.121. The van der Waals surface area contributed by atoms with Gasteiger partial charge in [0.15, 0.2) is 0 Å². The Kier molecular flexibility index (Phi) is 6.15. The van der Waals surface area contributed by atoms with E-state index >= 15 is 0 Å². The Hall–Kier alpha value is -2.14. The van der Waals surface area contributed by atoms with E-state index in [1.165, 1.54) is 4.88 Å². The summed E-state index contributed by atoms with van der Waals surface area (Å²) in [5, 5.41) is 7.67. The number of amides is 2. The highest BCUT2D eigenvalue weighted by Crippen LogP contribution is 2.11. The lowest BCUT2D eigenvalue weighted by atomic mass is 10.1. The standard InChI is InChI=1S/C17H20N2O2S/c1-2-18-17(21)14-6-3-5-13(11-14)12-19-16(20)9-8-15-7-4-10-22-15/h3-7,10-11H,2,8-9,12H2,1H3,(H,18,21)(H,19,20). The van der Waals surface area contributed by atoms with Crippen molar-refractivity contribution in [1.82, 2.24) is 10.6 Å². The molecule has 0 aliphatic heterocycles. The van der Waals surface area contributed by atoms with E-state index in [1.54, 1.807) is 17.4 Å². The Morgan fingerprint density at radius 1 is 1.14 bits per heavy atom. The lowest BCUT2D eigenvalue weighted by Crippen LogP contribution is -2.24. The van der Waals surface area contributed by atoms with Crippen LogP contribution in [0.2, 0.25) is 0 Å². The van der Waals surface area contributed by atoms with Crippen molar-refractivity contribution < 1.29 is 9.59 Å². The molecule has 0 spiro atoms. The van der Waals surface area contributed by atoms with Gasteiger partial charge >= 0.3 is 0 Å². The molecule has 0 aliphatic carbocycles. The number of hydrogen-bond acceptors (Lipinski definition) is 3. The van der Waals surface area contributed by atoms with Gasteiger partial charge in [0, 0.05) is 30.0 Å². The summed E-state index contributed by atoms with van der Waals surface area (Å²) in [6.07, 6.45) is 1.25. The largest absolute Gasteiger partial charge is 0.352 e. The molecule has 2 amide bonds. The number of rotatable bonds is 7. The summed E-state index contributed by atoms with van der Waals surface area (Å²) < 4.78 is 0. The second-order valence-corrected chi connectivity index (χ2v) is 5.95. The van der Waals surface area contributed by atoms with Crippen molar-refractivity contribution in [3.8, 4) is 0 Å². The fraction of sp³-hybridized carbons (Fsp3) is 0.294. The number of carbonyl (C=O) groups is 2. The van der Waals surface area contributed by atoms with Gasteiger partial charge in [0.25, 0.3) is 5.91 Å². The van der Waals surface area contributed by atoms with E-state index in [2.05, 4.69) is 10.6 Å². The van der Waals surface area contributed by atoms with E-state index in [-0.39, 0.29) is 11.8 Å². The van der Waals surface area contributed by atoms with Crippen molar-refractivity contribution in [1.29, 1.82) is 0 Å². The molecule has 1 aromatic heterocycles. The van der Waals surface area contributed by atoms with Gasteiger partial charge in [-0.05, 0) is 42.5 Å². The smallest absolute Gasteiger partial charge is 0.251 e. The van der Waals surface area contributed by atoms with Gasteiger partial charge in [-0.3, -0.25) is 9.59 Å². The minimum absolute atomic E-state index is 0.0248. The highest BCUT2D eigenvalue weighted by atomic mass is 32.1. The second kappa shape index (κ2) is 8.34. The van der Waals surface area contributed by atoms with Gasteiger partial charge in [0.2, 0.25) is 5.91 Å². The molecule has 0 saturated carbocycles. The third-order valence-electron chi connectivity index (χ3n) is 3.19. The van der Waals surface area contributed by atoms with Crippen molar-refractivity contribution in [3.05, 3.63) is 57.8 Å². The number of nitrogens with one attached hydrogen (secondary N) is 2. The van der Waals surface area contributed by atoms with Crippen LogP contribution in [-0.2, 0) is 17.8 Å². The maximum atomic E-state index is 11.8. The summed E-state index contributed by atoms with van der Waals surface area (Å²) >= 11 is 1.66. The summed E-state index contributed by atoms with van der Waals surface area (Å²) in [5.74, 6) is -0.0646. The highest BCUT2D eigenvalue weighted by Gasteiger charge is 2.06. The molecule has 4 nitrogen and oxygen atoms in total. The minimum Gasteiger partial charge on any atom is -0.352 e. The van der Waals surface area contributed by atoms with E-state index in [9.17, 15) is 9.59 Å². The van der Waals surface area contributed by atoms with Crippen LogP contribution in [0.1, 0.15) is 34.1 Å². The molecule has 0 aliphatic rings. The zero-order valence-corrected chi connectivity index (χ0v) is 13.4. The van der Waals surface area contributed by atoms with Gasteiger partial charge in [0.05, 0.1) is 0 Å². The number of benzene rings is 1. The van der Waals surface area contributed by atoms with Gasteiger partial charge in [-0.2, -0.15) is 0 Å². The first-order valence-corrected chi connectivity index (χ1v) is 8.23. The molecule has 1 aromatic carbocycles. The molecule has 22 heavy (non-hydrogen) atoms. The van der Waals surface area contributed by atoms with Crippen LogP contribution < -0.4 is 10.6 Å². The summed E-state index contributed by atoms with van der Waals surface area (Å²) in [4.78, 5) is 24.8. The molecule has 0 saturated heterocycles. The van der Waals surface area contributed by atoms with Crippen molar-refractivity contribution in [2.45, 2.75) is 26.3 Å². The van der Waals surface area contributed by atoms with Crippen molar-refractivity contribution >= 4 is 23.2 Å². The third-order valence-corrected chi connectivity index (χ3v) is 4.13. The predicted octanol–water partition coefficient (Wildman–Crippen LogP) is 2.75. The zero-order chi connectivity index (χ0) is 15.8. The third kappa shape index (κ3) is 5.00. The molecular formula is C17H20N2O2S. The van der Waals surface area contributed by atoms with Crippen molar-refractivity contribution in [3.63, 3.8) is 0 Å². The molecule has 2 rings (SSSR count). The Bertz CT molecular complexity index is 623. The first-order chi connectivity index (χ1) is 10.7. The maximum absolute atomic E-state index is 11.8. The van der Waals surface area contributed by atoms with E-state index in [0.717, 1.165) is 12.0 Å². The zero-order valence-electron chi connectivity index (χ0n) is 12.6. The molecule has 5 heteroatoms. The van der Waals surface area contributed by atoms with E-state index in [1.807, 2.05) is 42.6 Å². The predicted molar refractivity (Wildman–Crippen MR) is 88.9 cm³/mol. The SMILES string of the molecule is CCNC(=O)c1cccc(CNC(=O)CCc2cccs2)c1. The van der Waals surface area contributed by atoms with Gasteiger partial charge < -0.3 is 10.6 Å². The number of aryl methyl sites for hydroxylation is 1. The van der Waals surface area contributed by atoms with Gasteiger partial charge in [-0.15, -0.1) is 11.3 Å². The quantitative estimate of drug-likeness (QED) is 0.825. The van der Waals surface area contributed by atoms with Gasteiger partial charge in [0.1, 0.15) is 0 Å². The summed E-state index contributed by atoms with van der Waals surface area (Å²) in [6.45, 7) is 2.93. The number of hydrogen-bond donors (Lipinski definition) is 2. The van der Waals surface area contributed by atoms with Crippen LogP contribution in [0.25, 0.3) is 0 Å². The molecule has 116 valence electrons. The molecule has 1 heterocycles. The summed E-state index contributed by atoms with van der Waals surface area (Å²) in [6, 6.07) is 11.3. The van der Waals surface area contributed by atoms with Crippen LogP contribution in [0.15, 0.2) is 41.8 Å². The molecule has 0 fully saturated rings. The average Bonchev–Trinajstić information content (AvgIpc) is 3.05.